The maximum Gasteiger partial charge on any atom is 0.262 e. The van der Waals surface area contributed by atoms with E-state index < -0.39 is 0 Å². The monoisotopic (exact) mass is 374 g/mol. The lowest BCUT2D eigenvalue weighted by atomic mass is 10.1. The van der Waals surface area contributed by atoms with Gasteiger partial charge >= 0.3 is 0 Å². The molecule has 2 aromatic carbocycles. The van der Waals surface area contributed by atoms with Gasteiger partial charge in [0.05, 0.1) is 6.42 Å². The first-order valence-corrected chi connectivity index (χ1v) is 8.62. The summed E-state index contributed by atoms with van der Waals surface area (Å²) in [6.07, 6.45) is 0.333. The number of amides is 2. The Labute approximate surface area is 158 Å². The number of hydrogen-bond acceptors (Lipinski definition) is 3. The molecule has 0 aromatic heterocycles. The van der Waals surface area contributed by atoms with E-state index >= 15 is 0 Å². The van der Waals surface area contributed by atoms with Crippen LogP contribution in [0.15, 0.2) is 36.4 Å². The fraction of sp³-hybridized carbons (Fsp3) is 0.300. The molecule has 0 saturated heterocycles. The van der Waals surface area contributed by atoms with Crippen molar-refractivity contribution in [1.29, 1.82) is 0 Å². The summed E-state index contributed by atoms with van der Waals surface area (Å²) < 4.78 is 5.54. The maximum absolute atomic E-state index is 12.1. The molecule has 0 unspecified atom stereocenters. The van der Waals surface area contributed by atoms with Gasteiger partial charge in [-0.25, -0.2) is 0 Å². The fourth-order valence-electron chi connectivity index (χ4n) is 2.37. The predicted molar refractivity (Wildman–Crippen MR) is 104 cm³/mol. The van der Waals surface area contributed by atoms with E-state index in [0.29, 0.717) is 22.9 Å². The molecule has 2 aromatic rings. The molecule has 0 aliphatic heterocycles. The van der Waals surface area contributed by atoms with Crippen molar-refractivity contribution < 1.29 is 14.3 Å². The Balaban J connectivity index is 1.89. The first kappa shape index (κ1) is 19.8. The van der Waals surface area contributed by atoms with E-state index in [0.717, 1.165) is 16.7 Å². The minimum absolute atomic E-state index is 0.0312. The number of carbonyl (C=O) groups is 2. The molecular weight excluding hydrogens is 352 g/mol. The number of rotatable bonds is 6. The van der Waals surface area contributed by atoms with E-state index in [2.05, 4.69) is 5.32 Å². The van der Waals surface area contributed by atoms with E-state index in [4.69, 9.17) is 16.3 Å². The van der Waals surface area contributed by atoms with E-state index in [9.17, 15) is 9.59 Å². The summed E-state index contributed by atoms with van der Waals surface area (Å²) in [4.78, 5) is 25.3. The number of nitrogens with one attached hydrogen (secondary N) is 1. The van der Waals surface area contributed by atoms with Gasteiger partial charge in [0.1, 0.15) is 5.75 Å². The highest BCUT2D eigenvalue weighted by Gasteiger charge is 2.08. The van der Waals surface area contributed by atoms with Gasteiger partial charge < -0.3 is 15.0 Å². The van der Waals surface area contributed by atoms with Crippen LogP contribution in [0.25, 0.3) is 0 Å². The standard InChI is InChI=1S/C20H23ClN2O3/c1-13-9-17(10-14(2)20(13)21)26-12-18(24)22-16-7-5-15(6-8-16)11-19(25)23(3)4/h5-10H,11-12H2,1-4H3,(H,22,24). The van der Waals surface area contributed by atoms with Crippen LogP contribution in [0, 0.1) is 13.8 Å². The quantitative estimate of drug-likeness (QED) is 0.840. The highest BCUT2D eigenvalue weighted by atomic mass is 35.5. The Morgan fingerprint density at radius 2 is 1.65 bits per heavy atom. The highest BCUT2D eigenvalue weighted by Crippen LogP contribution is 2.25. The molecule has 0 aliphatic rings. The third kappa shape index (κ3) is 5.49. The average molecular weight is 375 g/mol. The van der Waals surface area contributed by atoms with Gasteiger partial charge in [0, 0.05) is 24.8 Å². The van der Waals surface area contributed by atoms with Gasteiger partial charge in [0.2, 0.25) is 5.91 Å². The van der Waals surface area contributed by atoms with E-state index in [1.807, 2.05) is 26.0 Å². The zero-order chi connectivity index (χ0) is 19.3. The molecule has 0 spiro atoms. The van der Waals surface area contributed by atoms with Crippen LogP contribution in [0.5, 0.6) is 5.75 Å². The first-order chi connectivity index (χ1) is 12.3. The minimum Gasteiger partial charge on any atom is -0.484 e. The third-order valence-electron chi connectivity index (χ3n) is 3.87. The molecule has 0 bridgehead atoms. The maximum atomic E-state index is 12.1. The Morgan fingerprint density at radius 3 is 2.19 bits per heavy atom. The number of benzene rings is 2. The zero-order valence-electron chi connectivity index (χ0n) is 15.4. The molecule has 0 fully saturated rings. The lowest BCUT2D eigenvalue weighted by molar-refractivity contribution is -0.128. The van der Waals surface area contributed by atoms with Crippen molar-refractivity contribution in [3.8, 4) is 5.75 Å². The summed E-state index contributed by atoms with van der Waals surface area (Å²) in [6.45, 7) is 3.69. The molecule has 1 N–H and O–H groups in total. The van der Waals surface area contributed by atoms with Gasteiger partial charge in [-0.15, -0.1) is 0 Å². The number of anilines is 1. The van der Waals surface area contributed by atoms with Gasteiger partial charge in [-0.3, -0.25) is 9.59 Å². The summed E-state index contributed by atoms with van der Waals surface area (Å²) >= 11 is 6.12. The molecule has 138 valence electrons. The van der Waals surface area contributed by atoms with Crippen molar-refractivity contribution in [3.63, 3.8) is 0 Å². The van der Waals surface area contributed by atoms with Crippen LogP contribution in [0.3, 0.4) is 0 Å². The van der Waals surface area contributed by atoms with Crippen LogP contribution in [0.1, 0.15) is 16.7 Å². The molecule has 0 saturated carbocycles. The second-order valence-electron chi connectivity index (χ2n) is 6.37. The van der Waals surface area contributed by atoms with Gasteiger partial charge in [-0.2, -0.15) is 0 Å². The van der Waals surface area contributed by atoms with Crippen molar-refractivity contribution in [2.24, 2.45) is 0 Å². The highest BCUT2D eigenvalue weighted by molar-refractivity contribution is 6.32. The summed E-state index contributed by atoms with van der Waals surface area (Å²) in [7, 11) is 3.45. The molecular formula is C20H23ClN2O3. The number of likely N-dealkylation sites (N-methyl/N-ethyl adjacent to an activating group) is 1. The zero-order valence-corrected chi connectivity index (χ0v) is 16.2. The molecule has 0 radical (unpaired) electrons. The Morgan fingerprint density at radius 1 is 1.08 bits per heavy atom. The number of nitrogens with zero attached hydrogens (tertiary/aromatic N) is 1. The second-order valence-corrected chi connectivity index (χ2v) is 6.75. The summed E-state index contributed by atoms with van der Waals surface area (Å²) in [5.41, 5.74) is 3.36. The lowest BCUT2D eigenvalue weighted by Gasteiger charge is -2.11. The Bertz CT molecular complexity index is 778. The predicted octanol–water partition coefficient (Wildman–Crippen LogP) is 3.61. The lowest BCUT2D eigenvalue weighted by Crippen LogP contribution is -2.23. The van der Waals surface area contributed by atoms with Crippen LogP contribution < -0.4 is 10.1 Å². The molecule has 26 heavy (non-hydrogen) atoms. The first-order valence-electron chi connectivity index (χ1n) is 8.24. The molecule has 0 atom stereocenters. The molecule has 0 heterocycles. The largest absolute Gasteiger partial charge is 0.484 e. The molecule has 2 rings (SSSR count). The summed E-state index contributed by atoms with van der Waals surface area (Å²) in [5.74, 6) is 0.383. The number of halogens is 1. The fourth-order valence-corrected chi connectivity index (χ4v) is 2.48. The van der Waals surface area contributed by atoms with Crippen LogP contribution in [0.2, 0.25) is 5.02 Å². The number of ether oxygens (including phenoxy) is 1. The van der Waals surface area contributed by atoms with Crippen molar-refractivity contribution in [1.82, 2.24) is 4.90 Å². The van der Waals surface area contributed by atoms with Crippen LogP contribution in [-0.2, 0) is 16.0 Å². The number of aryl methyl sites for hydroxylation is 2. The third-order valence-corrected chi connectivity index (χ3v) is 4.47. The molecule has 6 heteroatoms. The van der Waals surface area contributed by atoms with Crippen LogP contribution >= 0.6 is 11.6 Å². The molecule has 2 amide bonds. The van der Waals surface area contributed by atoms with Crippen LogP contribution in [0.4, 0.5) is 5.69 Å². The van der Waals surface area contributed by atoms with E-state index in [1.54, 1.807) is 43.3 Å². The van der Waals surface area contributed by atoms with Crippen molar-refractivity contribution in [3.05, 3.63) is 58.1 Å². The SMILES string of the molecule is Cc1cc(OCC(=O)Nc2ccc(CC(=O)N(C)C)cc2)cc(C)c1Cl. The van der Waals surface area contributed by atoms with Crippen LogP contribution in [-0.4, -0.2) is 37.4 Å². The number of hydrogen-bond donors (Lipinski definition) is 1. The van der Waals surface area contributed by atoms with Crippen molar-refractivity contribution >= 4 is 29.1 Å². The Kier molecular flexibility index (Phi) is 6.64. The second kappa shape index (κ2) is 8.72. The van der Waals surface area contributed by atoms with Crippen molar-refractivity contribution in [2.45, 2.75) is 20.3 Å². The summed E-state index contributed by atoms with van der Waals surface area (Å²) in [6, 6.07) is 10.8. The van der Waals surface area contributed by atoms with E-state index in [1.165, 1.54) is 0 Å². The van der Waals surface area contributed by atoms with E-state index in [-0.39, 0.29) is 18.4 Å². The topological polar surface area (TPSA) is 58.6 Å². The normalized spacial score (nSPS) is 10.3. The minimum atomic E-state index is -0.257. The molecule has 0 aliphatic carbocycles. The number of carbonyl (C=O) groups excluding carboxylic acids is 2. The van der Waals surface area contributed by atoms with Gasteiger partial charge in [0.15, 0.2) is 6.61 Å². The average Bonchev–Trinajstić information content (AvgIpc) is 2.59. The summed E-state index contributed by atoms with van der Waals surface area (Å²) in [5, 5.41) is 3.47. The van der Waals surface area contributed by atoms with Gasteiger partial charge in [-0.1, -0.05) is 23.7 Å². The Hall–Kier alpha value is -2.53. The van der Waals surface area contributed by atoms with Gasteiger partial charge in [0.25, 0.3) is 5.91 Å². The van der Waals surface area contributed by atoms with Gasteiger partial charge in [-0.05, 0) is 54.8 Å². The molecule has 5 nitrogen and oxygen atoms in total. The van der Waals surface area contributed by atoms with Crippen molar-refractivity contribution in [2.75, 3.05) is 26.0 Å². The smallest absolute Gasteiger partial charge is 0.262 e.